The van der Waals surface area contributed by atoms with Gasteiger partial charge < -0.3 is 29.7 Å². The molecule has 3 amide bonds. The smallest absolute Gasteiger partial charge is 0.408 e. The number of benzene rings is 3. The van der Waals surface area contributed by atoms with E-state index in [0.717, 1.165) is 12.1 Å². The van der Waals surface area contributed by atoms with Crippen LogP contribution in [-0.4, -0.2) is 81.9 Å². The van der Waals surface area contributed by atoms with E-state index < -0.39 is 64.5 Å². The number of halogens is 4. The van der Waals surface area contributed by atoms with Crippen LogP contribution in [0.5, 0.6) is 0 Å². The van der Waals surface area contributed by atoms with Gasteiger partial charge >= 0.3 is 6.09 Å². The van der Waals surface area contributed by atoms with E-state index in [2.05, 4.69) is 15.4 Å². The van der Waals surface area contributed by atoms with Crippen molar-refractivity contribution in [1.29, 1.82) is 0 Å². The van der Waals surface area contributed by atoms with Crippen molar-refractivity contribution >= 4 is 51.1 Å². The van der Waals surface area contributed by atoms with E-state index >= 15 is 0 Å². The molecular weight excluding hydrogens is 745 g/mol. The van der Waals surface area contributed by atoms with Crippen LogP contribution in [0, 0.1) is 11.6 Å². The van der Waals surface area contributed by atoms with Crippen molar-refractivity contribution in [3.05, 3.63) is 99.5 Å². The van der Waals surface area contributed by atoms with Gasteiger partial charge in [0.05, 0.1) is 11.6 Å². The van der Waals surface area contributed by atoms with Gasteiger partial charge in [0.1, 0.15) is 23.6 Å². The summed E-state index contributed by atoms with van der Waals surface area (Å²) in [6, 6.07) is 12.3. The average Bonchev–Trinajstić information content (AvgIpc) is 3.95. The maximum absolute atomic E-state index is 14.3. The van der Waals surface area contributed by atoms with Gasteiger partial charge in [-0.25, -0.2) is 26.7 Å². The van der Waals surface area contributed by atoms with Gasteiger partial charge in [0.15, 0.2) is 17.9 Å². The van der Waals surface area contributed by atoms with Crippen molar-refractivity contribution in [3.8, 4) is 0 Å². The second-order valence-electron chi connectivity index (χ2n) is 11.8. The summed E-state index contributed by atoms with van der Waals surface area (Å²) in [5.74, 6) is -3.82. The van der Waals surface area contributed by atoms with Crippen molar-refractivity contribution in [1.82, 2.24) is 20.3 Å². The van der Waals surface area contributed by atoms with Gasteiger partial charge in [0.2, 0.25) is 21.8 Å². The fourth-order valence-corrected chi connectivity index (χ4v) is 6.96. The van der Waals surface area contributed by atoms with Crippen LogP contribution in [0.25, 0.3) is 0 Å². The Morgan fingerprint density at radius 3 is 2.19 bits per heavy atom. The van der Waals surface area contributed by atoms with Gasteiger partial charge in [-0.05, 0) is 68.1 Å². The minimum atomic E-state index is -4.36. The van der Waals surface area contributed by atoms with Gasteiger partial charge in [-0.2, -0.15) is 0 Å². The highest BCUT2D eigenvalue weighted by molar-refractivity contribution is 7.89. The Balaban J connectivity index is 1.61. The first kappa shape index (κ1) is 40.9. The highest BCUT2D eigenvalue weighted by atomic mass is 35.5. The molecule has 0 aliphatic heterocycles. The molecule has 3 N–H and O–H groups in total. The Kier molecular flexibility index (Phi) is 15.2. The molecule has 0 radical (unpaired) electrons. The summed E-state index contributed by atoms with van der Waals surface area (Å²) < 4.78 is 73.4. The summed E-state index contributed by atoms with van der Waals surface area (Å²) in [4.78, 5) is 42.3. The number of carbonyl (C=O) groups is 3. The number of ether oxygens (including phenoxy) is 3. The van der Waals surface area contributed by atoms with Gasteiger partial charge in [-0.15, -0.1) is 0 Å². The van der Waals surface area contributed by atoms with Crippen molar-refractivity contribution in [2.45, 2.75) is 69.0 Å². The topological polar surface area (TPSA) is 152 Å². The Bertz CT molecular complexity index is 1800. The van der Waals surface area contributed by atoms with Gasteiger partial charge in [-0.1, -0.05) is 59.6 Å². The molecule has 17 heteroatoms. The Morgan fingerprint density at radius 2 is 1.58 bits per heavy atom. The van der Waals surface area contributed by atoms with Crippen molar-refractivity contribution in [2.24, 2.45) is 0 Å². The molecule has 2 atom stereocenters. The first-order chi connectivity index (χ1) is 24.8. The van der Waals surface area contributed by atoms with Crippen LogP contribution in [0.1, 0.15) is 37.8 Å². The molecule has 12 nitrogen and oxygen atoms in total. The molecule has 0 aromatic heterocycles. The summed E-state index contributed by atoms with van der Waals surface area (Å²) in [6.07, 6.45) is -0.769. The summed E-state index contributed by atoms with van der Waals surface area (Å²) in [6.45, 7) is 3.30. The third kappa shape index (κ3) is 12.1. The summed E-state index contributed by atoms with van der Waals surface area (Å²) in [5.41, 5.74) is 0.829. The fraction of sp³-hybridized carbons (Fsp3) is 0.400. The van der Waals surface area contributed by atoms with E-state index in [1.165, 1.54) is 29.2 Å². The van der Waals surface area contributed by atoms with Crippen molar-refractivity contribution < 1.29 is 45.8 Å². The van der Waals surface area contributed by atoms with Crippen LogP contribution < -0.4 is 15.4 Å². The molecule has 4 rings (SSSR count). The second-order valence-corrected chi connectivity index (χ2v) is 14.3. The summed E-state index contributed by atoms with van der Waals surface area (Å²) >= 11 is 12.1. The molecule has 1 aliphatic carbocycles. The van der Waals surface area contributed by atoms with Crippen molar-refractivity contribution in [3.63, 3.8) is 0 Å². The first-order valence-corrected chi connectivity index (χ1v) is 18.7. The quantitative estimate of drug-likeness (QED) is 0.144. The van der Waals surface area contributed by atoms with Crippen LogP contribution in [0.2, 0.25) is 10.0 Å². The molecule has 3 aromatic carbocycles. The maximum atomic E-state index is 14.3. The predicted octanol–water partition coefficient (Wildman–Crippen LogP) is 4.96. The highest BCUT2D eigenvalue weighted by Gasteiger charge is 2.39. The van der Waals surface area contributed by atoms with E-state index in [-0.39, 0.29) is 46.1 Å². The molecular formula is C35H40Cl2F2N4O8S. The number of nitrogens with zero attached hydrogens (tertiary/aromatic N) is 1. The fourth-order valence-electron chi connectivity index (χ4n) is 5.15. The molecule has 2 unspecified atom stereocenters. The third-order valence-corrected chi connectivity index (χ3v) is 9.98. The lowest BCUT2D eigenvalue weighted by molar-refractivity contribution is -0.161. The number of sulfonamides is 1. The lowest BCUT2D eigenvalue weighted by atomic mass is 10.0. The van der Waals surface area contributed by atoms with Crippen LogP contribution in [0.4, 0.5) is 13.6 Å². The molecule has 1 fully saturated rings. The number of nitrogens with one attached hydrogen (secondary N) is 3. The van der Waals surface area contributed by atoms with Gasteiger partial charge in [0.25, 0.3) is 0 Å². The van der Waals surface area contributed by atoms with Crippen LogP contribution >= 0.6 is 23.2 Å². The summed E-state index contributed by atoms with van der Waals surface area (Å²) in [7, 11) is -4.36. The lowest BCUT2D eigenvalue weighted by Crippen LogP contribution is -2.58. The number of hydrogen-bond acceptors (Lipinski definition) is 8. The van der Waals surface area contributed by atoms with Crippen LogP contribution in [0.3, 0.4) is 0 Å². The Labute approximate surface area is 311 Å². The monoisotopic (exact) mass is 784 g/mol. The zero-order valence-corrected chi connectivity index (χ0v) is 30.8. The zero-order valence-electron chi connectivity index (χ0n) is 28.5. The number of amides is 3. The van der Waals surface area contributed by atoms with Crippen molar-refractivity contribution in [2.75, 3.05) is 26.3 Å². The average molecular weight is 786 g/mol. The minimum Gasteiger partial charge on any atom is -0.445 e. The number of alkyl carbamates (subject to hydrolysis) is 1. The highest BCUT2D eigenvalue weighted by Crippen LogP contribution is 2.29. The second kappa shape index (κ2) is 19.3. The number of rotatable bonds is 19. The molecule has 0 spiro atoms. The molecule has 3 aromatic rings. The Hall–Kier alpha value is -3.86. The Morgan fingerprint density at radius 1 is 0.885 bits per heavy atom. The molecule has 0 heterocycles. The normalized spacial score (nSPS) is 14.1. The van der Waals surface area contributed by atoms with Crippen LogP contribution in [-0.2, 0) is 46.9 Å². The van der Waals surface area contributed by atoms with Gasteiger partial charge in [-0.3, -0.25) is 9.59 Å². The lowest BCUT2D eigenvalue weighted by Gasteiger charge is -2.31. The molecule has 282 valence electrons. The van der Waals surface area contributed by atoms with E-state index in [9.17, 15) is 31.6 Å². The molecule has 1 saturated carbocycles. The summed E-state index contributed by atoms with van der Waals surface area (Å²) in [5, 5.41) is 4.96. The van der Waals surface area contributed by atoms with Crippen LogP contribution in [0.15, 0.2) is 71.6 Å². The SMILES string of the molecule is CCOC(CN(C(=O)C(Cc1ccc(F)c(F)c1)NC(=O)C(CNS(=O)(=O)c1ccc(Cl)cc1Cl)NC(=O)OCc1ccccc1)C1CC1)OCC. The van der Waals surface area contributed by atoms with E-state index in [1.807, 2.05) is 0 Å². The molecule has 0 bridgehead atoms. The minimum absolute atomic E-state index is 0.0183. The third-order valence-electron chi connectivity index (χ3n) is 7.84. The number of hydrogen-bond donors (Lipinski definition) is 3. The maximum Gasteiger partial charge on any atom is 0.408 e. The molecule has 1 aliphatic rings. The molecule has 52 heavy (non-hydrogen) atoms. The molecule has 0 saturated heterocycles. The largest absolute Gasteiger partial charge is 0.445 e. The zero-order chi connectivity index (χ0) is 37.8. The number of carbonyl (C=O) groups excluding carboxylic acids is 3. The van der Waals surface area contributed by atoms with E-state index in [0.29, 0.717) is 31.6 Å². The first-order valence-electron chi connectivity index (χ1n) is 16.5. The standard InChI is InChI=1S/C35H40Cl2F2N4O8S/c1-3-49-32(50-4-2)20-43(25-12-13-25)34(45)29(17-23-10-14-27(38)28(39)16-23)41-33(44)30(42-35(46)51-21-22-8-6-5-7-9-22)19-40-52(47,48)31-15-11-24(36)18-26(31)37/h5-11,14-16,18,25,29-30,32,40H,3-4,12-13,17,19-21H2,1-2H3,(H,41,44)(H,42,46). The van der Waals surface area contributed by atoms with E-state index in [4.69, 9.17) is 37.4 Å². The van der Waals surface area contributed by atoms with E-state index in [1.54, 1.807) is 44.2 Å². The van der Waals surface area contributed by atoms with Gasteiger partial charge in [0, 0.05) is 37.2 Å². The predicted molar refractivity (Wildman–Crippen MR) is 189 cm³/mol.